The monoisotopic (exact) mass is 298 g/mol. The number of rotatable bonds is 7. The molecular weight excluding hydrogens is 276 g/mol. The van der Waals surface area contributed by atoms with Crippen molar-refractivity contribution in [3.05, 3.63) is 24.3 Å². The van der Waals surface area contributed by atoms with Crippen LogP contribution in [0.25, 0.3) is 0 Å². The standard InChI is InChI=1S/C14H22N2O3S/c1-11(10-15-12-8-9-12)20(17,18)16(2)13-6-4-5-7-14(13)19-3/h4-7,11-12,15H,8-10H2,1-3H3. The molecule has 0 spiro atoms. The number of nitrogens with one attached hydrogen (secondary N) is 1. The summed E-state index contributed by atoms with van der Waals surface area (Å²) in [5.41, 5.74) is 0.563. The van der Waals surface area contributed by atoms with Gasteiger partial charge in [-0.25, -0.2) is 8.42 Å². The van der Waals surface area contributed by atoms with Gasteiger partial charge in [-0.1, -0.05) is 12.1 Å². The summed E-state index contributed by atoms with van der Waals surface area (Å²) in [6.45, 7) is 2.21. The average molecular weight is 298 g/mol. The van der Waals surface area contributed by atoms with E-state index in [0.29, 0.717) is 24.0 Å². The number of hydrogen-bond acceptors (Lipinski definition) is 4. The molecule has 0 saturated heterocycles. The normalized spacial score (nSPS) is 16.8. The summed E-state index contributed by atoms with van der Waals surface area (Å²) in [4.78, 5) is 0. The van der Waals surface area contributed by atoms with Crippen LogP contribution in [0.2, 0.25) is 0 Å². The van der Waals surface area contributed by atoms with Crippen molar-refractivity contribution in [1.82, 2.24) is 5.32 Å². The Morgan fingerprint density at radius 1 is 1.40 bits per heavy atom. The summed E-state index contributed by atoms with van der Waals surface area (Å²) in [5.74, 6) is 0.556. The highest BCUT2D eigenvalue weighted by molar-refractivity contribution is 7.93. The summed E-state index contributed by atoms with van der Waals surface area (Å²) >= 11 is 0. The molecule has 1 N–H and O–H groups in total. The van der Waals surface area contributed by atoms with Gasteiger partial charge in [0, 0.05) is 19.6 Å². The third-order valence-electron chi connectivity index (χ3n) is 3.59. The largest absolute Gasteiger partial charge is 0.495 e. The second-order valence-corrected chi connectivity index (χ2v) is 7.56. The maximum absolute atomic E-state index is 12.6. The van der Waals surface area contributed by atoms with Gasteiger partial charge in [0.25, 0.3) is 0 Å². The van der Waals surface area contributed by atoms with E-state index in [1.54, 1.807) is 32.2 Å². The van der Waals surface area contributed by atoms with Crippen LogP contribution in [0, 0.1) is 0 Å². The van der Waals surface area contributed by atoms with Crippen LogP contribution in [0.5, 0.6) is 5.75 Å². The SMILES string of the molecule is COc1ccccc1N(C)S(=O)(=O)C(C)CNC1CC1. The number of ether oxygens (including phenoxy) is 1. The smallest absolute Gasteiger partial charge is 0.238 e. The fraction of sp³-hybridized carbons (Fsp3) is 0.571. The van der Waals surface area contributed by atoms with Gasteiger partial charge < -0.3 is 10.1 Å². The Hall–Kier alpha value is -1.27. The number of sulfonamides is 1. The molecule has 0 radical (unpaired) electrons. The van der Waals surface area contributed by atoms with Crippen LogP contribution in [0.3, 0.4) is 0 Å². The number of methoxy groups -OCH3 is 1. The van der Waals surface area contributed by atoms with Crippen molar-refractivity contribution in [3.8, 4) is 5.75 Å². The Bertz CT molecular complexity index is 555. The molecule has 0 heterocycles. The zero-order chi connectivity index (χ0) is 14.8. The van der Waals surface area contributed by atoms with Crippen molar-refractivity contribution in [2.24, 2.45) is 0 Å². The van der Waals surface area contributed by atoms with Crippen molar-refractivity contribution in [1.29, 1.82) is 0 Å². The summed E-state index contributed by atoms with van der Waals surface area (Å²) in [7, 11) is -0.292. The number of nitrogens with zero attached hydrogens (tertiary/aromatic N) is 1. The second-order valence-electron chi connectivity index (χ2n) is 5.18. The Labute approximate surface area is 121 Å². The minimum Gasteiger partial charge on any atom is -0.495 e. The third kappa shape index (κ3) is 3.24. The van der Waals surface area contributed by atoms with Gasteiger partial charge in [-0.05, 0) is 31.9 Å². The van der Waals surface area contributed by atoms with Gasteiger partial charge in [-0.2, -0.15) is 0 Å². The minimum atomic E-state index is -3.40. The fourth-order valence-corrected chi connectivity index (χ4v) is 3.29. The minimum absolute atomic E-state index is 0.474. The van der Waals surface area contributed by atoms with Gasteiger partial charge in [0.05, 0.1) is 18.0 Å². The van der Waals surface area contributed by atoms with Gasteiger partial charge in [-0.15, -0.1) is 0 Å². The molecule has 6 heteroatoms. The third-order valence-corrected chi connectivity index (χ3v) is 5.73. The zero-order valence-corrected chi connectivity index (χ0v) is 13.0. The lowest BCUT2D eigenvalue weighted by atomic mass is 10.3. The lowest BCUT2D eigenvalue weighted by molar-refractivity contribution is 0.415. The Morgan fingerprint density at radius 2 is 2.05 bits per heavy atom. The first-order valence-corrected chi connectivity index (χ1v) is 8.31. The van der Waals surface area contributed by atoms with E-state index >= 15 is 0 Å². The molecule has 0 aromatic heterocycles. The lowest BCUT2D eigenvalue weighted by Gasteiger charge is -2.25. The van der Waals surface area contributed by atoms with Crippen LogP contribution in [-0.4, -0.2) is 40.4 Å². The fourth-order valence-electron chi connectivity index (χ4n) is 2.02. The van der Waals surface area contributed by atoms with Crippen molar-refractivity contribution in [2.45, 2.75) is 31.1 Å². The Morgan fingerprint density at radius 3 is 2.65 bits per heavy atom. The molecule has 112 valence electrons. The van der Waals surface area contributed by atoms with E-state index in [0.717, 1.165) is 12.8 Å². The predicted molar refractivity (Wildman–Crippen MR) is 80.8 cm³/mol. The van der Waals surface area contributed by atoms with Crippen LogP contribution < -0.4 is 14.4 Å². The lowest BCUT2D eigenvalue weighted by Crippen LogP contribution is -2.40. The first-order valence-electron chi connectivity index (χ1n) is 6.81. The molecule has 1 aromatic carbocycles. The highest BCUT2D eigenvalue weighted by atomic mass is 32.2. The van der Waals surface area contributed by atoms with E-state index in [-0.39, 0.29) is 0 Å². The van der Waals surface area contributed by atoms with Crippen LogP contribution in [0.4, 0.5) is 5.69 Å². The quantitative estimate of drug-likeness (QED) is 0.831. The first kappa shape index (κ1) is 15.1. The molecule has 1 aliphatic carbocycles. The van der Waals surface area contributed by atoms with E-state index in [4.69, 9.17) is 4.74 Å². The van der Waals surface area contributed by atoms with Crippen LogP contribution in [0.1, 0.15) is 19.8 Å². The Balaban J connectivity index is 2.14. The van der Waals surface area contributed by atoms with Gasteiger partial charge in [0.1, 0.15) is 5.75 Å². The zero-order valence-electron chi connectivity index (χ0n) is 12.2. The van der Waals surface area contributed by atoms with E-state index in [2.05, 4.69) is 5.32 Å². The predicted octanol–water partition coefficient (Wildman–Crippen LogP) is 1.60. The molecule has 0 aliphatic heterocycles. The van der Waals surface area contributed by atoms with Crippen LogP contribution in [0.15, 0.2) is 24.3 Å². The van der Waals surface area contributed by atoms with Gasteiger partial charge in [0.15, 0.2) is 0 Å². The van der Waals surface area contributed by atoms with E-state index in [1.807, 2.05) is 6.07 Å². The van der Waals surface area contributed by atoms with Crippen LogP contribution >= 0.6 is 0 Å². The maximum atomic E-state index is 12.6. The molecule has 2 rings (SSSR count). The van der Waals surface area contributed by atoms with Gasteiger partial charge >= 0.3 is 0 Å². The average Bonchev–Trinajstić information content (AvgIpc) is 3.27. The molecular formula is C14H22N2O3S. The summed E-state index contributed by atoms with van der Waals surface area (Å²) in [6, 6.07) is 7.63. The highest BCUT2D eigenvalue weighted by Gasteiger charge is 2.30. The van der Waals surface area contributed by atoms with Crippen molar-refractivity contribution in [3.63, 3.8) is 0 Å². The molecule has 1 atom stereocenters. The maximum Gasteiger partial charge on any atom is 0.238 e. The number of benzene rings is 1. The molecule has 20 heavy (non-hydrogen) atoms. The molecule has 5 nitrogen and oxygen atoms in total. The number of para-hydroxylation sites is 2. The van der Waals surface area contributed by atoms with E-state index in [9.17, 15) is 8.42 Å². The molecule has 0 amide bonds. The number of hydrogen-bond donors (Lipinski definition) is 1. The van der Waals surface area contributed by atoms with E-state index in [1.165, 1.54) is 11.4 Å². The number of anilines is 1. The van der Waals surface area contributed by atoms with Gasteiger partial charge in [0.2, 0.25) is 10.0 Å². The van der Waals surface area contributed by atoms with Crippen molar-refractivity contribution < 1.29 is 13.2 Å². The van der Waals surface area contributed by atoms with E-state index < -0.39 is 15.3 Å². The van der Waals surface area contributed by atoms with Crippen LogP contribution in [-0.2, 0) is 10.0 Å². The Kier molecular flexibility index (Phi) is 4.55. The van der Waals surface area contributed by atoms with Crippen molar-refractivity contribution >= 4 is 15.7 Å². The highest BCUT2D eigenvalue weighted by Crippen LogP contribution is 2.29. The van der Waals surface area contributed by atoms with Crippen molar-refractivity contribution in [2.75, 3.05) is 25.0 Å². The molecule has 0 bridgehead atoms. The topological polar surface area (TPSA) is 58.6 Å². The molecule has 1 unspecified atom stereocenters. The summed E-state index contributed by atoms with van der Waals surface area (Å²) in [6.07, 6.45) is 2.30. The molecule has 1 fully saturated rings. The molecule has 1 aliphatic rings. The summed E-state index contributed by atoms with van der Waals surface area (Å²) in [5, 5.41) is 2.79. The molecule has 1 saturated carbocycles. The molecule has 1 aromatic rings. The van der Waals surface area contributed by atoms with Gasteiger partial charge in [-0.3, -0.25) is 4.31 Å². The second kappa shape index (κ2) is 6.01. The summed E-state index contributed by atoms with van der Waals surface area (Å²) < 4.78 is 31.7. The first-order chi connectivity index (χ1) is 9.46.